The largest absolute Gasteiger partial charge is 0.477 e. The number of carboxylic acids is 1. The monoisotopic (exact) mass is 239 g/mol. The number of aromatic carboxylic acids is 1. The highest BCUT2D eigenvalue weighted by molar-refractivity contribution is 7.18. The van der Waals surface area contributed by atoms with Crippen molar-refractivity contribution in [3.05, 3.63) is 16.5 Å². The number of thiophene rings is 1. The summed E-state index contributed by atoms with van der Waals surface area (Å²) in [5.41, 5.74) is 0.691. The van der Waals surface area contributed by atoms with Crippen molar-refractivity contribution in [2.75, 3.05) is 5.32 Å². The van der Waals surface area contributed by atoms with Crippen LogP contribution in [0.1, 0.15) is 28.6 Å². The maximum atomic E-state index is 11.6. The quantitative estimate of drug-likeness (QED) is 0.850. The third-order valence-electron chi connectivity index (χ3n) is 2.80. The lowest BCUT2D eigenvalue weighted by Gasteiger charge is -1.99. The molecule has 1 aliphatic rings. The van der Waals surface area contributed by atoms with Gasteiger partial charge in [0.2, 0.25) is 5.91 Å². The van der Waals surface area contributed by atoms with Crippen LogP contribution in [0.2, 0.25) is 0 Å². The van der Waals surface area contributed by atoms with E-state index in [1.54, 1.807) is 13.0 Å². The lowest BCUT2D eigenvalue weighted by molar-refractivity contribution is -0.117. The first kappa shape index (κ1) is 11.1. The molecule has 1 amide bonds. The van der Waals surface area contributed by atoms with Gasteiger partial charge >= 0.3 is 5.97 Å². The van der Waals surface area contributed by atoms with Crippen molar-refractivity contribution in [2.45, 2.75) is 20.3 Å². The van der Waals surface area contributed by atoms with Gasteiger partial charge in [-0.2, -0.15) is 0 Å². The van der Waals surface area contributed by atoms with Crippen molar-refractivity contribution in [1.82, 2.24) is 0 Å². The van der Waals surface area contributed by atoms with E-state index in [1.165, 1.54) is 0 Å². The Morgan fingerprint density at radius 2 is 2.19 bits per heavy atom. The Labute approximate surface area is 97.3 Å². The van der Waals surface area contributed by atoms with Gasteiger partial charge in [-0.3, -0.25) is 4.79 Å². The van der Waals surface area contributed by atoms with Crippen molar-refractivity contribution in [2.24, 2.45) is 11.8 Å². The first-order chi connectivity index (χ1) is 7.49. The molecule has 1 fully saturated rings. The van der Waals surface area contributed by atoms with Gasteiger partial charge in [-0.05, 0) is 30.9 Å². The second-order valence-electron chi connectivity index (χ2n) is 4.24. The fourth-order valence-corrected chi connectivity index (χ4v) is 2.57. The van der Waals surface area contributed by atoms with Crippen molar-refractivity contribution < 1.29 is 14.7 Å². The number of aryl methyl sites for hydroxylation is 1. The summed E-state index contributed by atoms with van der Waals surface area (Å²) >= 11 is 1.11. The molecule has 0 saturated heterocycles. The van der Waals surface area contributed by atoms with Crippen molar-refractivity contribution in [1.29, 1.82) is 0 Å². The molecule has 0 bridgehead atoms. The minimum absolute atomic E-state index is 0.00527. The molecule has 0 aliphatic heterocycles. The summed E-state index contributed by atoms with van der Waals surface area (Å²) in [6.07, 6.45) is 0.933. The third kappa shape index (κ3) is 2.09. The van der Waals surface area contributed by atoms with Crippen molar-refractivity contribution in [3.8, 4) is 0 Å². The van der Waals surface area contributed by atoms with Crippen LogP contribution in [-0.2, 0) is 4.79 Å². The highest BCUT2D eigenvalue weighted by atomic mass is 32.1. The van der Waals surface area contributed by atoms with E-state index in [2.05, 4.69) is 5.32 Å². The molecule has 0 spiro atoms. The van der Waals surface area contributed by atoms with E-state index in [-0.39, 0.29) is 11.8 Å². The van der Waals surface area contributed by atoms with E-state index in [1.807, 2.05) is 6.92 Å². The Balaban J connectivity index is 2.07. The zero-order valence-electron chi connectivity index (χ0n) is 9.11. The first-order valence-corrected chi connectivity index (χ1v) is 5.95. The lowest BCUT2D eigenvalue weighted by Crippen LogP contribution is -2.13. The number of carbonyl (C=O) groups is 2. The average Bonchev–Trinajstić information content (AvgIpc) is 2.79. The Bertz CT molecular complexity index is 452. The summed E-state index contributed by atoms with van der Waals surface area (Å²) in [5, 5.41) is 12.3. The Morgan fingerprint density at radius 3 is 2.62 bits per heavy atom. The molecular weight excluding hydrogens is 226 g/mol. The molecule has 2 N–H and O–H groups in total. The molecular formula is C11H13NO3S. The predicted octanol–water partition coefficient (Wildman–Crippen LogP) is 2.35. The molecule has 1 saturated carbocycles. The Hall–Kier alpha value is -1.36. The fraction of sp³-hybridized carbons (Fsp3) is 0.455. The molecule has 2 unspecified atom stereocenters. The van der Waals surface area contributed by atoms with Gasteiger partial charge in [0.15, 0.2) is 0 Å². The highest BCUT2D eigenvalue weighted by Gasteiger charge is 2.39. The molecule has 0 aromatic carbocycles. The minimum atomic E-state index is -0.942. The topological polar surface area (TPSA) is 66.4 Å². The van der Waals surface area contributed by atoms with E-state index in [0.29, 0.717) is 21.4 Å². The molecule has 4 nitrogen and oxygen atoms in total. The Morgan fingerprint density at radius 1 is 1.56 bits per heavy atom. The standard InChI is InChI=1S/C11H13NO3S/c1-5-3-7(5)10(13)12-8-4-6(2)9(16-8)11(14)15/h4-5,7H,3H2,1-2H3,(H,12,13)(H,14,15). The molecule has 2 atom stereocenters. The van der Waals surface area contributed by atoms with Crippen LogP contribution in [0.3, 0.4) is 0 Å². The number of hydrogen-bond acceptors (Lipinski definition) is 3. The van der Waals surface area contributed by atoms with Crippen LogP contribution < -0.4 is 5.32 Å². The van der Waals surface area contributed by atoms with E-state index >= 15 is 0 Å². The number of carbonyl (C=O) groups excluding carboxylic acids is 1. The van der Waals surface area contributed by atoms with Gasteiger partial charge in [0.05, 0.1) is 5.00 Å². The normalized spacial score (nSPS) is 22.9. The summed E-state index contributed by atoms with van der Waals surface area (Å²) in [5.74, 6) is -0.371. The van der Waals surface area contributed by atoms with Gasteiger partial charge < -0.3 is 10.4 Å². The van der Waals surface area contributed by atoms with Crippen LogP contribution in [0.15, 0.2) is 6.07 Å². The van der Waals surface area contributed by atoms with Gasteiger partial charge in [-0.25, -0.2) is 4.79 Å². The van der Waals surface area contributed by atoms with E-state index in [4.69, 9.17) is 5.11 Å². The lowest BCUT2D eigenvalue weighted by atomic mass is 10.3. The zero-order valence-corrected chi connectivity index (χ0v) is 9.93. The molecule has 1 aromatic heterocycles. The van der Waals surface area contributed by atoms with Crippen molar-refractivity contribution >= 4 is 28.2 Å². The number of amides is 1. The van der Waals surface area contributed by atoms with Gasteiger partial charge in [-0.15, -0.1) is 11.3 Å². The number of anilines is 1. The van der Waals surface area contributed by atoms with Gasteiger partial charge in [0.25, 0.3) is 0 Å². The van der Waals surface area contributed by atoms with Crippen LogP contribution in [0, 0.1) is 18.8 Å². The van der Waals surface area contributed by atoms with Crippen molar-refractivity contribution in [3.63, 3.8) is 0 Å². The smallest absolute Gasteiger partial charge is 0.346 e. The van der Waals surface area contributed by atoms with Gasteiger partial charge in [0, 0.05) is 5.92 Å². The maximum Gasteiger partial charge on any atom is 0.346 e. The summed E-state index contributed by atoms with van der Waals surface area (Å²) in [6.45, 7) is 3.77. The molecule has 1 aliphatic carbocycles. The molecule has 86 valence electrons. The molecule has 1 heterocycles. The predicted molar refractivity (Wildman–Crippen MR) is 61.9 cm³/mol. The summed E-state index contributed by atoms with van der Waals surface area (Å²) in [6, 6.07) is 1.71. The third-order valence-corrected chi connectivity index (χ3v) is 3.95. The summed E-state index contributed by atoms with van der Waals surface area (Å²) in [4.78, 5) is 22.7. The number of nitrogens with one attached hydrogen (secondary N) is 1. The van der Waals surface area contributed by atoms with Crippen LogP contribution >= 0.6 is 11.3 Å². The SMILES string of the molecule is Cc1cc(NC(=O)C2CC2C)sc1C(=O)O. The molecule has 1 aromatic rings. The number of hydrogen-bond donors (Lipinski definition) is 2. The van der Waals surface area contributed by atoms with Gasteiger partial charge in [-0.1, -0.05) is 6.92 Å². The second-order valence-corrected chi connectivity index (χ2v) is 5.29. The molecule has 2 rings (SSSR count). The minimum Gasteiger partial charge on any atom is -0.477 e. The fourth-order valence-electron chi connectivity index (χ4n) is 1.66. The highest BCUT2D eigenvalue weighted by Crippen LogP contribution is 2.39. The van der Waals surface area contributed by atoms with E-state index in [9.17, 15) is 9.59 Å². The van der Waals surface area contributed by atoms with E-state index in [0.717, 1.165) is 17.8 Å². The van der Waals surface area contributed by atoms with Crippen LogP contribution in [0.4, 0.5) is 5.00 Å². The summed E-state index contributed by atoms with van der Waals surface area (Å²) in [7, 11) is 0. The molecule has 5 heteroatoms. The average molecular weight is 239 g/mol. The van der Waals surface area contributed by atoms with E-state index < -0.39 is 5.97 Å². The van der Waals surface area contributed by atoms with Crippen LogP contribution in [0.25, 0.3) is 0 Å². The zero-order chi connectivity index (χ0) is 11.9. The summed E-state index contributed by atoms with van der Waals surface area (Å²) < 4.78 is 0. The van der Waals surface area contributed by atoms with Crippen LogP contribution in [-0.4, -0.2) is 17.0 Å². The molecule has 16 heavy (non-hydrogen) atoms. The second kappa shape index (κ2) is 3.90. The first-order valence-electron chi connectivity index (χ1n) is 5.13. The maximum absolute atomic E-state index is 11.6. The Kier molecular flexibility index (Phi) is 2.71. The number of rotatable bonds is 3. The number of carboxylic acid groups (broad SMARTS) is 1. The van der Waals surface area contributed by atoms with Gasteiger partial charge in [0.1, 0.15) is 4.88 Å². The molecule has 0 radical (unpaired) electrons. The van der Waals surface area contributed by atoms with Crippen LogP contribution in [0.5, 0.6) is 0 Å².